The van der Waals surface area contributed by atoms with Crippen LogP contribution in [0.4, 0.5) is 0 Å². The van der Waals surface area contributed by atoms with Gasteiger partial charge in [0, 0.05) is 6.54 Å². The van der Waals surface area contributed by atoms with E-state index < -0.39 is 6.10 Å². The van der Waals surface area contributed by atoms with Crippen LogP contribution in [0, 0.1) is 5.41 Å². The first kappa shape index (κ1) is 15.8. The molecule has 1 unspecified atom stereocenters. The molecule has 1 aliphatic carbocycles. The van der Waals surface area contributed by atoms with Crippen LogP contribution in [0.2, 0.25) is 5.02 Å². The van der Waals surface area contributed by atoms with Gasteiger partial charge in [-0.1, -0.05) is 37.8 Å². The number of likely N-dealkylation sites (N-methyl/N-ethyl adjacent to an activating group) is 1. The molecule has 114 valence electrons. The van der Waals surface area contributed by atoms with Crippen LogP contribution >= 0.6 is 11.6 Å². The Morgan fingerprint density at radius 1 is 1.40 bits per heavy atom. The van der Waals surface area contributed by atoms with Crippen molar-refractivity contribution in [1.82, 2.24) is 14.7 Å². The Morgan fingerprint density at radius 2 is 2.05 bits per heavy atom. The lowest BCUT2D eigenvalue weighted by Gasteiger charge is -2.38. The predicted octanol–water partition coefficient (Wildman–Crippen LogP) is 3.10. The fourth-order valence-corrected chi connectivity index (χ4v) is 3.32. The van der Waals surface area contributed by atoms with Gasteiger partial charge in [0.15, 0.2) is 0 Å². The molecule has 5 heteroatoms. The zero-order valence-electron chi connectivity index (χ0n) is 12.8. The highest BCUT2D eigenvalue weighted by Gasteiger charge is 2.38. The average molecular weight is 300 g/mol. The molecule has 0 amide bonds. The highest BCUT2D eigenvalue weighted by Crippen LogP contribution is 2.46. The number of aromatic nitrogens is 2. The van der Waals surface area contributed by atoms with E-state index >= 15 is 0 Å². The molecule has 1 atom stereocenters. The molecule has 1 aromatic rings. The topological polar surface area (TPSA) is 41.3 Å². The summed E-state index contributed by atoms with van der Waals surface area (Å²) < 4.78 is 1.87. The second-order valence-electron chi connectivity index (χ2n) is 6.52. The van der Waals surface area contributed by atoms with E-state index in [1.165, 1.54) is 19.3 Å². The maximum Gasteiger partial charge on any atom is 0.102 e. The molecule has 0 saturated heterocycles. The number of rotatable bonds is 5. The lowest BCUT2D eigenvalue weighted by molar-refractivity contribution is 0.00201. The first-order chi connectivity index (χ1) is 9.44. The third-order valence-corrected chi connectivity index (χ3v) is 4.80. The lowest BCUT2D eigenvalue weighted by Crippen LogP contribution is -2.31. The van der Waals surface area contributed by atoms with Crippen LogP contribution < -0.4 is 0 Å². The largest absolute Gasteiger partial charge is 0.386 e. The third-order valence-electron chi connectivity index (χ3n) is 4.51. The zero-order chi connectivity index (χ0) is 14.8. The molecular weight excluding hydrogens is 274 g/mol. The van der Waals surface area contributed by atoms with Crippen molar-refractivity contribution in [2.45, 2.75) is 51.7 Å². The molecule has 0 radical (unpaired) electrons. The highest BCUT2D eigenvalue weighted by atomic mass is 35.5. The Bertz CT molecular complexity index is 438. The van der Waals surface area contributed by atoms with Crippen LogP contribution in [0.25, 0.3) is 0 Å². The Balaban J connectivity index is 2.19. The predicted molar refractivity (Wildman–Crippen MR) is 81.9 cm³/mol. The van der Waals surface area contributed by atoms with Crippen LogP contribution in [0.3, 0.4) is 0 Å². The molecule has 0 aliphatic heterocycles. The Hall–Kier alpha value is -0.580. The van der Waals surface area contributed by atoms with Crippen LogP contribution in [-0.2, 0) is 6.54 Å². The Kier molecular flexibility index (Phi) is 5.10. The summed E-state index contributed by atoms with van der Waals surface area (Å²) in [6.07, 6.45) is 6.90. The number of aliphatic hydroxyl groups excluding tert-OH is 1. The van der Waals surface area contributed by atoms with E-state index in [1.807, 2.05) is 18.8 Å². The SMILES string of the molecule is CN(C)CCn1ncc(Cl)c1C(O)C1(C)CCCCC1. The van der Waals surface area contributed by atoms with Crippen LogP contribution in [0.15, 0.2) is 6.20 Å². The average Bonchev–Trinajstić information content (AvgIpc) is 2.77. The number of hydrogen-bond donors (Lipinski definition) is 1. The maximum absolute atomic E-state index is 10.9. The quantitative estimate of drug-likeness (QED) is 0.908. The summed E-state index contributed by atoms with van der Waals surface area (Å²) in [5.41, 5.74) is 0.718. The Labute approximate surface area is 126 Å². The number of hydrogen-bond acceptors (Lipinski definition) is 3. The summed E-state index contributed by atoms with van der Waals surface area (Å²) in [7, 11) is 4.06. The molecule has 1 aliphatic rings. The van der Waals surface area contributed by atoms with Gasteiger partial charge >= 0.3 is 0 Å². The number of nitrogens with zero attached hydrogens (tertiary/aromatic N) is 3. The van der Waals surface area contributed by atoms with Crippen molar-refractivity contribution in [2.24, 2.45) is 5.41 Å². The van der Waals surface area contributed by atoms with Crippen molar-refractivity contribution in [1.29, 1.82) is 0 Å². The summed E-state index contributed by atoms with van der Waals surface area (Å²) in [4.78, 5) is 2.11. The second kappa shape index (κ2) is 6.46. The molecule has 4 nitrogen and oxygen atoms in total. The normalized spacial score (nSPS) is 20.3. The van der Waals surface area contributed by atoms with E-state index in [1.54, 1.807) is 6.20 Å². The molecule has 1 aromatic heterocycles. The van der Waals surface area contributed by atoms with Crippen molar-refractivity contribution in [2.75, 3.05) is 20.6 Å². The van der Waals surface area contributed by atoms with Gasteiger partial charge in [-0.15, -0.1) is 0 Å². The van der Waals surface area contributed by atoms with Gasteiger partial charge < -0.3 is 10.0 Å². The minimum Gasteiger partial charge on any atom is -0.386 e. The second-order valence-corrected chi connectivity index (χ2v) is 6.93. The first-order valence-corrected chi connectivity index (χ1v) is 7.86. The standard InChI is InChI=1S/C15H26ClN3O/c1-15(7-5-4-6-8-15)14(20)13-12(16)11-17-19(13)10-9-18(2)3/h11,14,20H,4-10H2,1-3H3. The van der Waals surface area contributed by atoms with Gasteiger partial charge in [0.1, 0.15) is 6.10 Å². The van der Waals surface area contributed by atoms with E-state index in [4.69, 9.17) is 11.6 Å². The van der Waals surface area contributed by atoms with Gasteiger partial charge in [0.25, 0.3) is 0 Å². The van der Waals surface area contributed by atoms with E-state index in [0.29, 0.717) is 5.02 Å². The summed E-state index contributed by atoms with van der Waals surface area (Å²) in [5.74, 6) is 0. The maximum atomic E-state index is 10.9. The summed E-state index contributed by atoms with van der Waals surface area (Å²) in [6.45, 7) is 3.81. The molecule has 1 heterocycles. The van der Waals surface area contributed by atoms with Crippen molar-refractivity contribution in [3.8, 4) is 0 Å². The summed E-state index contributed by atoms with van der Waals surface area (Å²) in [6, 6.07) is 0. The van der Waals surface area contributed by atoms with Crippen molar-refractivity contribution in [3.05, 3.63) is 16.9 Å². The number of halogens is 1. The minimum atomic E-state index is -0.528. The van der Waals surface area contributed by atoms with Gasteiger partial charge in [-0.2, -0.15) is 5.10 Å². The van der Waals surface area contributed by atoms with E-state index in [-0.39, 0.29) is 5.41 Å². The van der Waals surface area contributed by atoms with Crippen LogP contribution in [-0.4, -0.2) is 40.4 Å². The summed E-state index contributed by atoms with van der Waals surface area (Å²) in [5, 5.41) is 15.8. The Morgan fingerprint density at radius 3 is 2.65 bits per heavy atom. The van der Waals surface area contributed by atoms with Gasteiger partial charge in [-0.05, 0) is 32.4 Å². The van der Waals surface area contributed by atoms with E-state index in [2.05, 4.69) is 16.9 Å². The smallest absolute Gasteiger partial charge is 0.102 e. The molecule has 0 spiro atoms. The fraction of sp³-hybridized carbons (Fsp3) is 0.800. The molecule has 0 aromatic carbocycles. The van der Waals surface area contributed by atoms with Crippen molar-refractivity contribution < 1.29 is 5.11 Å². The lowest BCUT2D eigenvalue weighted by atomic mass is 9.71. The van der Waals surface area contributed by atoms with Gasteiger partial charge in [-0.3, -0.25) is 4.68 Å². The van der Waals surface area contributed by atoms with Crippen LogP contribution in [0.5, 0.6) is 0 Å². The molecule has 0 bridgehead atoms. The van der Waals surface area contributed by atoms with Crippen molar-refractivity contribution >= 4 is 11.6 Å². The highest BCUT2D eigenvalue weighted by molar-refractivity contribution is 6.31. The van der Waals surface area contributed by atoms with Gasteiger partial charge in [-0.25, -0.2) is 0 Å². The molecule has 2 rings (SSSR count). The fourth-order valence-electron chi connectivity index (χ4n) is 3.08. The van der Waals surface area contributed by atoms with E-state index in [0.717, 1.165) is 31.6 Å². The molecule has 1 fully saturated rings. The molecular formula is C15H26ClN3O. The molecule has 1 N–H and O–H groups in total. The third kappa shape index (κ3) is 3.35. The molecule has 20 heavy (non-hydrogen) atoms. The van der Waals surface area contributed by atoms with Gasteiger partial charge in [0.2, 0.25) is 0 Å². The minimum absolute atomic E-state index is 0.0716. The van der Waals surface area contributed by atoms with E-state index in [9.17, 15) is 5.11 Å². The number of aliphatic hydroxyl groups is 1. The van der Waals surface area contributed by atoms with Crippen molar-refractivity contribution in [3.63, 3.8) is 0 Å². The van der Waals surface area contributed by atoms with Gasteiger partial charge in [0.05, 0.1) is 23.5 Å². The monoisotopic (exact) mass is 299 g/mol. The molecule has 1 saturated carbocycles. The zero-order valence-corrected chi connectivity index (χ0v) is 13.5. The first-order valence-electron chi connectivity index (χ1n) is 7.48. The van der Waals surface area contributed by atoms with Crippen LogP contribution in [0.1, 0.15) is 50.8 Å². The summed E-state index contributed by atoms with van der Waals surface area (Å²) >= 11 is 6.28.